The van der Waals surface area contributed by atoms with Crippen molar-refractivity contribution in [2.75, 3.05) is 5.32 Å². The molecular formula is C20H18N2O4. The van der Waals surface area contributed by atoms with Crippen LogP contribution in [0.2, 0.25) is 0 Å². The first-order chi connectivity index (χ1) is 12.5. The number of aromatic carboxylic acids is 1. The lowest BCUT2D eigenvalue weighted by atomic mass is 9.75. The SMILES string of the molecule is Cc1c(C(=O)O)ccc2c1N[C@@H](c1ccccc1[N+](=O)[O-])[C@H]1CC=C[C@@H]21. The molecule has 0 aromatic heterocycles. The van der Waals surface area contributed by atoms with Gasteiger partial charge in [0.1, 0.15) is 0 Å². The fourth-order valence-corrected chi connectivity index (χ4v) is 4.27. The fourth-order valence-electron chi connectivity index (χ4n) is 4.27. The lowest BCUT2D eigenvalue weighted by Gasteiger charge is -2.38. The van der Waals surface area contributed by atoms with Crippen molar-refractivity contribution in [1.29, 1.82) is 0 Å². The molecule has 4 rings (SSSR count). The minimum atomic E-state index is -0.974. The van der Waals surface area contributed by atoms with Crippen molar-refractivity contribution in [2.45, 2.75) is 25.3 Å². The van der Waals surface area contributed by atoms with Crippen molar-refractivity contribution >= 4 is 17.3 Å². The number of carboxylic acids is 1. The van der Waals surface area contributed by atoms with Gasteiger partial charge in [0.2, 0.25) is 0 Å². The summed E-state index contributed by atoms with van der Waals surface area (Å²) in [5, 5.41) is 24.4. The van der Waals surface area contributed by atoms with Crippen molar-refractivity contribution in [2.24, 2.45) is 5.92 Å². The van der Waals surface area contributed by atoms with Crippen LogP contribution in [0.1, 0.15) is 45.4 Å². The summed E-state index contributed by atoms with van der Waals surface area (Å²) in [4.78, 5) is 22.6. The molecule has 1 aliphatic carbocycles. The summed E-state index contributed by atoms with van der Waals surface area (Å²) in [5.74, 6) is -0.685. The number of hydrogen-bond donors (Lipinski definition) is 2. The number of nitro benzene ring substituents is 1. The van der Waals surface area contributed by atoms with E-state index in [4.69, 9.17) is 0 Å². The van der Waals surface area contributed by atoms with E-state index in [0.29, 0.717) is 11.1 Å². The van der Waals surface area contributed by atoms with Gasteiger partial charge in [0.15, 0.2) is 0 Å². The Morgan fingerprint density at radius 2 is 2.00 bits per heavy atom. The van der Waals surface area contributed by atoms with Gasteiger partial charge in [0.05, 0.1) is 22.1 Å². The molecule has 6 heteroatoms. The smallest absolute Gasteiger partial charge is 0.336 e. The minimum Gasteiger partial charge on any atom is -0.478 e. The van der Waals surface area contributed by atoms with Crippen LogP contribution in [-0.2, 0) is 0 Å². The molecule has 0 saturated carbocycles. The maximum absolute atomic E-state index is 11.5. The van der Waals surface area contributed by atoms with E-state index in [1.165, 1.54) is 6.07 Å². The molecule has 1 aliphatic heterocycles. The maximum atomic E-state index is 11.5. The number of allylic oxidation sites excluding steroid dienone is 2. The van der Waals surface area contributed by atoms with Crippen LogP contribution in [-0.4, -0.2) is 16.0 Å². The van der Waals surface area contributed by atoms with Gasteiger partial charge in [-0.3, -0.25) is 10.1 Å². The van der Waals surface area contributed by atoms with Gasteiger partial charge >= 0.3 is 5.97 Å². The number of para-hydroxylation sites is 1. The van der Waals surface area contributed by atoms with E-state index < -0.39 is 5.97 Å². The summed E-state index contributed by atoms with van der Waals surface area (Å²) in [6.45, 7) is 1.78. The maximum Gasteiger partial charge on any atom is 0.336 e. The van der Waals surface area contributed by atoms with Crippen LogP contribution < -0.4 is 5.32 Å². The first kappa shape index (κ1) is 16.3. The molecule has 0 radical (unpaired) electrons. The van der Waals surface area contributed by atoms with Crippen molar-refractivity contribution in [1.82, 2.24) is 0 Å². The van der Waals surface area contributed by atoms with Gasteiger partial charge in [-0.25, -0.2) is 4.79 Å². The Kier molecular flexibility index (Phi) is 3.76. The van der Waals surface area contributed by atoms with Crippen molar-refractivity contribution < 1.29 is 14.8 Å². The van der Waals surface area contributed by atoms with E-state index >= 15 is 0 Å². The summed E-state index contributed by atoms with van der Waals surface area (Å²) in [7, 11) is 0. The number of nitrogens with one attached hydrogen (secondary N) is 1. The first-order valence-corrected chi connectivity index (χ1v) is 8.52. The highest BCUT2D eigenvalue weighted by Crippen LogP contribution is 2.52. The second kappa shape index (κ2) is 5.98. The third kappa shape index (κ3) is 2.37. The molecule has 1 heterocycles. The quantitative estimate of drug-likeness (QED) is 0.485. The summed E-state index contributed by atoms with van der Waals surface area (Å²) in [6, 6.07) is 10.0. The fraction of sp³-hybridized carbons (Fsp3) is 0.250. The number of anilines is 1. The van der Waals surface area contributed by atoms with Crippen LogP contribution in [0.5, 0.6) is 0 Å². The second-order valence-electron chi connectivity index (χ2n) is 6.80. The van der Waals surface area contributed by atoms with Gasteiger partial charge in [-0.05, 0) is 36.5 Å². The van der Waals surface area contributed by atoms with Crippen LogP contribution in [0, 0.1) is 23.0 Å². The Hall–Kier alpha value is -3.15. The van der Waals surface area contributed by atoms with E-state index in [9.17, 15) is 20.0 Å². The molecule has 0 fully saturated rings. The predicted octanol–water partition coefficient (Wildman–Crippen LogP) is 4.43. The first-order valence-electron chi connectivity index (χ1n) is 8.52. The average Bonchev–Trinajstić information content (AvgIpc) is 3.11. The van der Waals surface area contributed by atoms with Gasteiger partial charge in [0.25, 0.3) is 5.69 Å². The van der Waals surface area contributed by atoms with Crippen LogP contribution in [0.15, 0.2) is 48.6 Å². The molecule has 132 valence electrons. The zero-order valence-corrected chi connectivity index (χ0v) is 14.2. The highest BCUT2D eigenvalue weighted by molar-refractivity contribution is 5.92. The van der Waals surface area contributed by atoms with Crippen molar-refractivity contribution in [3.8, 4) is 0 Å². The topological polar surface area (TPSA) is 92.5 Å². The van der Waals surface area contributed by atoms with Crippen molar-refractivity contribution in [3.05, 3.63) is 80.9 Å². The number of benzene rings is 2. The van der Waals surface area contributed by atoms with E-state index in [1.807, 2.05) is 6.07 Å². The molecule has 6 nitrogen and oxygen atoms in total. The van der Waals surface area contributed by atoms with E-state index in [2.05, 4.69) is 17.5 Å². The number of carbonyl (C=O) groups is 1. The molecule has 2 N–H and O–H groups in total. The van der Waals surface area contributed by atoms with E-state index in [-0.39, 0.29) is 34.1 Å². The second-order valence-corrected chi connectivity index (χ2v) is 6.80. The average molecular weight is 350 g/mol. The summed E-state index contributed by atoms with van der Waals surface area (Å²) >= 11 is 0. The highest BCUT2D eigenvalue weighted by atomic mass is 16.6. The van der Waals surface area contributed by atoms with Crippen LogP contribution in [0.25, 0.3) is 0 Å². The van der Waals surface area contributed by atoms with Gasteiger partial charge in [-0.15, -0.1) is 0 Å². The Morgan fingerprint density at radius 1 is 1.23 bits per heavy atom. The normalized spacial score (nSPS) is 23.0. The largest absolute Gasteiger partial charge is 0.478 e. The number of nitrogens with zero attached hydrogens (tertiary/aromatic N) is 1. The lowest BCUT2D eigenvalue weighted by molar-refractivity contribution is -0.385. The number of hydrogen-bond acceptors (Lipinski definition) is 4. The number of fused-ring (bicyclic) bond motifs is 3. The van der Waals surface area contributed by atoms with E-state index in [0.717, 1.165) is 17.7 Å². The number of nitro groups is 1. The molecule has 3 atom stereocenters. The number of carboxylic acid groups (broad SMARTS) is 1. The molecule has 0 amide bonds. The number of rotatable bonds is 3. The lowest BCUT2D eigenvalue weighted by Crippen LogP contribution is -2.30. The Balaban J connectivity index is 1.88. The third-order valence-corrected chi connectivity index (χ3v) is 5.50. The van der Waals surface area contributed by atoms with Gasteiger partial charge in [-0.2, -0.15) is 0 Å². The predicted molar refractivity (Wildman–Crippen MR) is 97.6 cm³/mol. The molecular weight excluding hydrogens is 332 g/mol. The molecule has 0 bridgehead atoms. The van der Waals surface area contributed by atoms with Gasteiger partial charge in [-0.1, -0.05) is 36.4 Å². The molecule has 0 spiro atoms. The minimum absolute atomic E-state index is 0.0890. The van der Waals surface area contributed by atoms with E-state index in [1.54, 1.807) is 31.2 Å². The molecule has 26 heavy (non-hydrogen) atoms. The molecule has 2 aromatic carbocycles. The molecule has 2 aromatic rings. The van der Waals surface area contributed by atoms with Gasteiger partial charge in [0, 0.05) is 17.7 Å². The van der Waals surface area contributed by atoms with Crippen LogP contribution in [0.4, 0.5) is 11.4 Å². The Bertz CT molecular complexity index is 951. The molecule has 2 aliphatic rings. The highest BCUT2D eigenvalue weighted by Gasteiger charge is 2.41. The van der Waals surface area contributed by atoms with Crippen LogP contribution >= 0.6 is 0 Å². The van der Waals surface area contributed by atoms with Crippen LogP contribution in [0.3, 0.4) is 0 Å². The standard InChI is InChI=1S/C20H18N2O4/c1-11-12(20(23)24)9-10-15-13-6-4-7-14(13)19(21-18(11)15)16-5-2-3-8-17(16)22(25)26/h2-6,8-10,13-14,19,21H,7H2,1H3,(H,23,24)/t13-,14+,19-/m1/s1. The monoisotopic (exact) mass is 350 g/mol. The Labute approximate surface area is 150 Å². The summed E-state index contributed by atoms with van der Waals surface area (Å²) in [5.41, 5.74) is 3.48. The van der Waals surface area contributed by atoms with Crippen molar-refractivity contribution in [3.63, 3.8) is 0 Å². The third-order valence-electron chi connectivity index (χ3n) is 5.50. The molecule has 0 saturated heterocycles. The zero-order valence-electron chi connectivity index (χ0n) is 14.2. The summed E-state index contributed by atoms with van der Waals surface area (Å²) in [6.07, 6.45) is 5.06. The summed E-state index contributed by atoms with van der Waals surface area (Å²) < 4.78 is 0. The Morgan fingerprint density at radius 3 is 2.73 bits per heavy atom. The zero-order chi connectivity index (χ0) is 18.4. The molecule has 0 unspecified atom stereocenters. The van der Waals surface area contributed by atoms with Gasteiger partial charge < -0.3 is 10.4 Å².